The van der Waals surface area contributed by atoms with E-state index >= 15 is 0 Å². The van der Waals surface area contributed by atoms with Crippen LogP contribution >= 0.6 is 11.6 Å². The first kappa shape index (κ1) is 19.3. The topological polar surface area (TPSA) is 108 Å². The Labute approximate surface area is 152 Å². The number of primary amides is 1. The molecular formula is C17H24ClN3O4. The van der Waals surface area contributed by atoms with Crippen LogP contribution in [0.3, 0.4) is 0 Å². The maximum atomic E-state index is 13.0. The van der Waals surface area contributed by atoms with E-state index in [1.54, 1.807) is 11.0 Å². The van der Waals surface area contributed by atoms with Gasteiger partial charge in [-0.1, -0.05) is 11.6 Å². The van der Waals surface area contributed by atoms with Crippen molar-refractivity contribution in [1.82, 2.24) is 4.90 Å². The third-order valence-electron chi connectivity index (χ3n) is 4.25. The Morgan fingerprint density at radius 3 is 2.72 bits per heavy atom. The van der Waals surface area contributed by atoms with Gasteiger partial charge in [-0.25, -0.2) is 0 Å². The molecule has 0 radical (unpaired) electrons. The molecule has 4 N–H and O–H groups in total. The molecule has 1 aromatic rings. The van der Waals surface area contributed by atoms with Crippen LogP contribution in [-0.4, -0.2) is 49.1 Å². The van der Waals surface area contributed by atoms with E-state index in [0.29, 0.717) is 12.1 Å². The zero-order chi connectivity index (χ0) is 18.6. The first-order valence-electron chi connectivity index (χ1n) is 8.20. The van der Waals surface area contributed by atoms with Gasteiger partial charge in [-0.15, -0.1) is 0 Å². The lowest BCUT2D eigenvalue weighted by Gasteiger charge is -2.38. The highest BCUT2D eigenvalue weighted by atomic mass is 35.5. The molecule has 0 unspecified atom stereocenters. The summed E-state index contributed by atoms with van der Waals surface area (Å²) in [6.45, 7) is 2.23. The molecule has 1 aromatic carbocycles. The standard InChI is InChI=1S/C17H24ClN3O4/c1-10(19)13-5-3-4-6-21(13)17(23)11-7-12(18)16(14(8-11)24-2)25-9-15(20)22/h7-8,10,13H,3-6,9,19H2,1-2H3,(H2,20,22)/t10-,13-/m1/s1. The van der Waals surface area contributed by atoms with Crippen molar-refractivity contribution in [3.8, 4) is 11.5 Å². The summed E-state index contributed by atoms with van der Waals surface area (Å²) in [5.74, 6) is -0.330. The van der Waals surface area contributed by atoms with E-state index in [-0.39, 0.29) is 41.1 Å². The number of likely N-dealkylation sites (tertiary alicyclic amines) is 1. The number of methoxy groups -OCH3 is 1. The summed E-state index contributed by atoms with van der Waals surface area (Å²) in [6.07, 6.45) is 2.88. The van der Waals surface area contributed by atoms with Crippen molar-refractivity contribution in [1.29, 1.82) is 0 Å². The molecule has 1 saturated heterocycles. The molecule has 2 rings (SSSR count). The van der Waals surface area contributed by atoms with E-state index in [2.05, 4.69) is 0 Å². The van der Waals surface area contributed by atoms with Gasteiger partial charge in [-0.2, -0.15) is 0 Å². The number of hydrogen-bond acceptors (Lipinski definition) is 5. The number of ether oxygens (including phenoxy) is 2. The van der Waals surface area contributed by atoms with Crippen molar-refractivity contribution in [2.75, 3.05) is 20.3 Å². The van der Waals surface area contributed by atoms with E-state index in [9.17, 15) is 9.59 Å². The Kier molecular flexibility index (Phi) is 6.50. The van der Waals surface area contributed by atoms with Crippen LogP contribution in [0.4, 0.5) is 0 Å². The first-order valence-corrected chi connectivity index (χ1v) is 8.58. The van der Waals surface area contributed by atoms with Crippen molar-refractivity contribution >= 4 is 23.4 Å². The van der Waals surface area contributed by atoms with Gasteiger partial charge in [0.1, 0.15) is 0 Å². The zero-order valence-corrected chi connectivity index (χ0v) is 15.2. The molecular weight excluding hydrogens is 346 g/mol. The Morgan fingerprint density at radius 1 is 1.40 bits per heavy atom. The lowest BCUT2D eigenvalue weighted by atomic mass is 9.96. The van der Waals surface area contributed by atoms with Crippen molar-refractivity contribution in [2.24, 2.45) is 11.5 Å². The number of rotatable bonds is 6. The Hall–Kier alpha value is -1.99. The fraction of sp³-hybridized carbons (Fsp3) is 0.529. The summed E-state index contributed by atoms with van der Waals surface area (Å²) in [5, 5.41) is 0.179. The number of piperidine rings is 1. The maximum absolute atomic E-state index is 13.0. The number of benzene rings is 1. The lowest BCUT2D eigenvalue weighted by molar-refractivity contribution is -0.119. The van der Waals surface area contributed by atoms with Gasteiger partial charge < -0.3 is 25.8 Å². The van der Waals surface area contributed by atoms with E-state index in [0.717, 1.165) is 19.3 Å². The second-order valence-electron chi connectivity index (χ2n) is 6.17. The number of carbonyl (C=O) groups excluding carboxylic acids is 2. The normalized spacial score (nSPS) is 18.6. The third-order valence-corrected chi connectivity index (χ3v) is 4.53. The molecule has 0 saturated carbocycles. The Morgan fingerprint density at radius 2 is 2.12 bits per heavy atom. The van der Waals surface area contributed by atoms with Crippen LogP contribution in [0.5, 0.6) is 11.5 Å². The van der Waals surface area contributed by atoms with Crippen LogP contribution in [0.15, 0.2) is 12.1 Å². The average Bonchev–Trinajstić information content (AvgIpc) is 2.59. The molecule has 8 heteroatoms. The molecule has 138 valence electrons. The lowest BCUT2D eigenvalue weighted by Crippen LogP contribution is -2.51. The number of amides is 2. The molecule has 1 aliphatic heterocycles. The van der Waals surface area contributed by atoms with E-state index in [1.165, 1.54) is 13.2 Å². The number of halogens is 1. The molecule has 1 fully saturated rings. The molecule has 1 aliphatic rings. The SMILES string of the molecule is COc1cc(C(=O)N2CCCC[C@@H]2[C@@H](C)N)cc(Cl)c1OCC(N)=O. The molecule has 1 heterocycles. The largest absolute Gasteiger partial charge is 0.493 e. The van der Waals surface area contributed by atoms with Crippen LogP contribution in [0.2, 0.25) is 5.02 Å². The highest BCUT2D eigenvalue weighted by Gasteiger charge is 2.30. The van der Waals surface area contributed by atoms with Crippen molar-refractivity contribution in [2.45, 2.75) is 38.3 Å². The monoisotopic (exact) mass is 369 g/mol. The predicted molar refractivity (Wildman–Crippen MR) is 95.0 cm³/mol. The summed E-state index contributed by atoms with van der Waals surface area (Å²) in [4.78, 5) is 25.7. The molecule has 0 aromatic heterocycles. The van der Waals surface area contributed by atoms with E-state index < -0.39 is 5.91 Å². The minimum Gasteiger partial charge on any atom is -0.493 e. The molecule has 0 spiro atoms. The van der Waals surface area contributed by atoms with Crippen molar-refractivity contribution < 1.29 is 19.1 Å². The van der Waals surface area contributed by atoms with Crippen LogP contribution in [0.25, 0.3) is 0 Å². The van der Waals surface area contributed by atoms with Crippen LogP contribution in [-0.2, 0) is 4.79 Å². The first-order chi connectivity index (χ1) is 11.8. The molecule has 2 atom stereocenters. The van der Waals surface area contributed by atoms with Gasteiger partial charge in [0.05, 0.1) is 12.1 Å². The molecule has 2 amide bonds. The van der Waals surface area contributed by atoms with Gasteiger partial charge in [0.25, 0.3) is 11.8 Å². The Bertz CT molecular complexity index is 651. The molecule has 0 aliphatic carbocycles. The summed E-state index contributed by atoms with van der Waals surface area (Å²) >= 11 is 6.23. The summed E-state index contributed by atoms with van der Waals surface area (Å²) < 4.78 is 10.5. The average molecular weight is 370 g/mol. The van der Waals surface area contributed by atoms with Gasteiger partial charge in [0.2, 0.25) is 0 Å². The maximum Gasteiger partial charge on any atom is 0.255 e. The zero-order valence-electron chi connectivity index (χ0n) is 14.5. The number of hydrogen-bond donors (Lipinski definition) is 2. The highest BCUT2D eigenvalue weighted by Crippen LogP contribution is 2.37. The molecule has 0 bridgehead atoms. The van der Waals surface area contributed by atoms with E-state index in [4.69, 9.17) is 32.5 Å². The molecule has 25 heavy (non-hydrogen) atoms. The minimum atomic E-state index is -0.633. The van der Waals surface area contributed by atoms with E-state index in [1.807, 2.05) is 6.92 Å². The highest BCUT2D eigenvalue weighted by molar-refractivity contribution is 6.32. The summed E-state index contributed by atoms with van der Waals surface area (Å²) in [7, 11) is 1.43. The van der Waals surface area contributed by atoms with Crippen molar-refractivity contribution in [3.63, 3.8) is 0 Å². The fourth-order valence-electron chi connectivity index (χ4n) is 3.05. The second-order valence-corrected chi connectivity index (χ2v) is 6.57. The summed E-state index contributed by atoms with van der Waals surface area (Å²) in [5.41, 5.74) is 11.5. The fourth-order valence-corrected chi connectivity index (χ4v) is 3.31. The van der Waals surface area contributed by atoms with Gasteiger partial charge >= 0.3 is 0 Å². The summed E-state index contributed by atoms with van der Waals surface area (Å²) in [6, 6.07) is 2.95. The molecule has 7 nitrogen and oxygen atoms in total. The quantitative estimate of drug-likeness (QED) is 0.791. The van der Waals surface area contributed by atoms with Crippen LogP contribution < -0.4 is 20.9 Å². The predicted octanol–water partition coefficient (Wildman–Crippen LogP) is 1.55. The van der Waals surface area contributed by atoms with Crippen LogP contribution in [0.1, 0.15) is 36.5 Å². The smallest absolute Gasteiger partial charge is 0.255 e. The number of nitrogens with zero attached hydrogens (tertiary/aromatic N) is 1. The van der Waals surface area contributed by atoms with Gasteiger partial charge in [-0.05, 0) is 38.3 Å². The van der Waals surface area contributed by atoms with Gasteiger partial charge in [0, 0.05) is 24.2 Å². The number of nitrogens with two attached hydrogens (primary N) is 2. The van der Waals surface area contributed by atoms with Crippen LogP contribution in [0, 0.1) is 0 Å². The Balaban J connectivity index is 2.30. The minimum absolute atomic E-state index is 0.00296. The van der Waals surface area contributed by atoms with Gasteiger partial charge in [-0.3, -0.25) is 9.59 Å². The van der Waals surface area contributed by atoms with Crippen molar-refractivity contribution in [3.05, 3.63) is 22.7 Å². The number of carbonyl (C=O) groups is 2. The van der Waals surface area contributed by atoms with Gasteiger partial charge in [0.15, 0.2) is 18.1 Å². The second kappa shape index (κ2) is 8.40. The third kappa shape index (κ3) is 4.55.